The van der Waals surface area contributed by atoms with Crippen LogP contribution < -0.4 is 5.32 Å². The van der Waals surface area contributed by atoms with Crippen LogP contribution in [-0.2, 0) is 4.74 Å². The highest BCUT2D eigenvalue weighted by Crippen LogP contribution is 2.25. The normalized spacial score (nSPS) is 30.0. The zero-order valence-corrected chi connectivity index (χ0v) is 8.94. The van der Waals surface area contributed by atoms with Gasteiger partial charge in [0.15, 0.2) is 0 Å². The summed E-state index contributed by atoms with van der Waals surface area (Å²) >= 11 is 0. The van der Waals surface area contributed by atoms with Crippen molar-refractivity contribution in [1.82, 2.24) is 5.32 Å². The second kappa shape index (κ2) is 5.84. The Bertz CT molecular complexity index is 131. The first-order valence-corrected chi connectivity index (χ1v) is 5.23. The van der Waals surface area contributed by atoms with Gasteiger partial charge in [0, 0.05) is 13.2 Å². The number of hydrogen-bond acceptors (Lipinski definition) is 2. The molecule has 0 aliphatic carbocycles. The van der Waals surface area contributed by atoms with Gasteiger partial charge in [-0.25, -0.2) is 0 Å². The molecule has 1 N–H and O–H groups in total. The van der Waals surface area contributed by atoms with Crippen molar-refractivity contribution in [3.05, 3.63) is 0 Å². The molecule has 3 heteroatoms. The number of halogens is 1. The van der Waals surface area contributed by atoms with Crippen molar-refractivity contribution in [3.63, 3.8) is 0 Å². The third kappa shape index (κ3) is 3.45. The van der Waals surface area contributed by atoms with Gasteiger partial charge in [-0.05, 0) is 50.6 Å². The maximum absolute atomic E-state index is 5.35. The van der Waals surface area contributed by atoms with Gasteiger partial charge in [-0.3, -0.25) is 0 Å². The molecule has 0 radical (unpaired) electrons. The standard InChI is InChI=1S/C10H19NO.ClH/c1-4-11-8-10(1)7-9-2-5-12-6-3-9;/h9-11H,1-8H2;1H. The van der Waals surface area contributed by atoms with E-state index >= 15 is 0 Å². The highest BCUT2D eigenvalue weighted by molar-refractivity contribution is 5.85. The van der Waals surface area contributed by atoms with E-state index in [0.717, 1.165) is 25.0 Å². The number of nitrogens with one attached hydrogen (secondary N) is 1. The van der Waals surface area contributed by atoms with E-state index in [4.69, 9.17) is 4.74 Å². The van der Waals surface area contributed by atoms with Crippen LogP contribution in [0.1, 0.15) is 25.7 Å². The molecular weight excluding hydrogens is 186 g/mol. The monoisotopic (exact) mass is 205 g/mol. The molecule has 2 aliphatic heterocycles. The van der Waals surface area contributed by atoms with E-state index in [1.807, 2.05) is 0 Å². The average molecular weight is 206 g/mol. The molecule has 78 valence electrons. The van der Waals surface area contributed by atoms with Gasteiger partial charge in [-0.15, -0.1) is 12.4 Å². The predicted octanol–water partition coefficient (Wildman–Crippen LogP) is 1.83. The van der Waals surface area contributed by atoms with E-state index in [-0.39, 0.29) is 12.4 Å². The quantitative estimate of drug-likeness (QED) is 0.743. The second-order valence-corrected chi connectivity index (χ2v) is 4.15. The molecule has 2 saturated heterocycles. The summed E-state index contributed by atoms with van der Waals surface area (Å²) in [5.41, 5.74) is 0. The van der Waals surface area contributed by atoms with Gasteiger partial charge in [0.05, 0.1) is 0 Å². The van der Waals surface area contributed by atoms with Crippen LogP contribution in [0.25, 0.3) is 0 Å². The lowest BCUT2D eigenvalue weighted by Gasteiger charge is -2.24. The SMILES string of the molecule is C1CC(CC2CCOCC2)CN1.Cl. The molecule has 13 heavy (non-hydrogen) atoms. The van der Waals surface area contributed by atoms with Crippen molar-refractivity contribution in [1.29, 1.82) is 0 Å². The minimum absolute atomic E-state index is 0. The Morgan fingerprint density at radius 2 is 1.85 bits per heavy atom. The van der Waals surface area contributed by atoms with Crippen molar-refractivity contribution in [2.75, 3.05) is 26.3 Å². The zero-order valence-electron chi connectivity index (χ0n) is 8.13. The third-order valence-corrected chi connectivity index (χ3v) is 3.17. The van der Waals surface area contributed by atoms with Crippen LogP contribution in [-0.4, -0.2) is 26.3 Å². The highest BCUT2D eigenvalue weighted by atomic mass is 35.5. The number of rotatable bonds is 2. The topological polar surface area (TPSA) is 21.3 Å². The Labute approximate surface area is 86.8 Å². The Hall–Kier alpha value is 0.210. The van der Waals surface area contributed by atoms with Crippen molar-refractivity contribution >= 4 is 12.4 Å². The fourth-order valence-corrected chi connectivity index (χ4v) is 2.37. The maximum atomic E-state index is 5.35. The van der Waals surface area contributed by atoms with E-state index in [1.165, 1.54) is 38.8 Å². The Balaban J connectivity index is 0.000000845. The summed E-state index contributed by atoms with van der Waals surface area (Å²) in [6.07, 6.45) is 5.45. The minimum Gasteiger partial charge on any atom is -0.381 e. The van der Waals surface area contributed by atoms with Crippen molar-refractivity contribution < 1.29 is 4.74 Å². The largest absolute Gasteiger partial charge is 0.381 e. The van der Waals surface area contributed by atoms with Crippen molar-refractivity contribution in [2.45, 2.75) is 25.7 Å². The summed E-state index contributed by atoms with van der Waals surface area (Å²) < 4.78 is 5.35. The fraction of sp³-hybridized carbons (Fsp3) is 1.00. The molecule has 1 unspecified atom stereocenters. The van der Waals surface area contributed by atoms with Gasteiger partial charge >= 0.3 is 0 Å². The number of hydrogen-bond donors (Lipinski definition) is 1. The summed E-state index contributed by atoms with van der Waals surface area (Å²) in [6.45, 7) is 4.51. The Kier molecular flexibility index (Phi) is 5.07. The summed E-state index contributed by atoms with van der Waals surface area (Å²) in [6, 6.07) is 0. The predicted molar refractivity (Wildman–Crippen MR) is 56.4 cm³/mol. The van der Waals surface area contributed by atoms with Gasteiger partial charge < -0.3 is 10.1 Å². The lowest BCUT2D eigenvalue weighted by atomic mass is 9.88. The Morgan fingerprint density at radius 1 is 1.08 bits per heavy atom. The molecule has 0 spiro atoms. The lowest BCUT2D eigenvalue weighted by molar-refractivity contribution is 0.0594. The van der Waals surface area contributed by atoms with Gasteiger partial charge in [0.2, 0.25) is 0 Å². The lowest BCUT2D eigenvalue weighted by Crippen LogP contribution is -2.19. The molecule has 2 rings (SSSR count). The molecule has 0 amide bonds. The molecule has 0 aromatic rings. The van der Waals surface area contributed by atoms with Gasteiger partial charge in [0.1, 0.15) is 0 Å². The Morgan fingerprint density at radius 3 is 2.46 bits per heavy atom. The maximum Gasteiger partial charge on any atom is 0.0468 e. The first kappa shape index (κ1) is 11.3. The fourth-order valence-electron chi connectivity index (χ4n) is 2.37. The van der Waals surface area contributed by atoms with Crippen LogP contribution in [0.15, 0.2) is 0 Å². The van der Waals surface area contributed by atoms with E-state index in [2.05, 4.69) is 5.32 Å². The summed E-state index contributed by atoms with van der Waals surface area (Å²) in [7, 11) is 0. The molecule has 2 aliphatic rings. The van der Waals surface area contributed by atoms with Crippen LogP contribution in [0.2, 0.25) is 0 Å². The molecule has 0 saturated carbocycles. The molecule has 0 bridgehead atoms. The first-order valence-electron chi connectivity index (χ1n) is 5.23. The van der Waals surface area contributed by atoms with Crippen LogP contribution in [0, 0.1) is 11.8 Å². The average Bonchev–Trinajstić information content (AvgIpc) is 2.59. The van der Waals surface area contributed by atoms with Crippen LogP contribution in [0.4, 0.5) is 0 Å². The van der Waals surface area contributed by atoms with E-state index < -0.39 is 0 Å². The van der Waals surface area contributed by atoms with Crippen LogP contribution in [0.5, 0.6) is 0 Å². The minimum atomic E-state index is 0. The molecular formula is C10H20ClNO. The van der Waals surface area contributed by atoms with E-state index in [1.54, 1.807) is 0 Å². The molecule has 2 heterocycles. The van der Waals surface area contributed by atoms with Crippen molar-refractivity contribution in [2.24, 2.45) is 11.8 Å². The highest BCUT2D eigenvalue weighted by Gasteiger charge is 2.21. The summed E-state index contributed by atoms with van der Waals surface area (Å²) in [5, 5.41) is 3.43. The van der Waals surface area contributed by atoms with Crippen LogP contribution >= 0.6 is 12.4 Å². The molecule has 2 fully saturated rings. The smallest absolute Gasteiger partial charge is 0.0468 e. The summed E-state index contributed by atoms with van der Waals surface area (Å²) in [5.74, 6) is 1.93. The van der Waals surface area contributed by atoms with Crippen molar-refractivity contribution in [3.8, 4) is 0 Å². The molecule has 1 atom stereocenters. The first-order chi connectivity index (χ1) is 5.95. The van der Waals surface area contributed by atoms with E-state index in [0.29, 0.717) is 0 Å². The zero-order chi connectivity index (χ0) is 8.23. The summed E-state index contributed by atoms with van der Waals surface area (Å²) in [4.78, 5) is 0. The second-order valence-electron chi connectivity index (χ2n) is 4.15. The van der Waals surface area contributed by atoms with Gasteiger partial charge in [-0.2, -0.15) is 0 Å². The van der Waals surface area contributed by atoms with Gasteiger partial charge in [-0.1, -0.05) is 0 Å². The van der Waals surface area contributed by atoms with Gasteiger partial charge in [0.25, 0.3) is 0 Å². The number of ether oxygens (including phenoxy) is 1. The molecule has 0 aromatic carbocycles. The van der Waals surface area contributed by atoms with E-state index in [9.17, 15) is 0 Å². The molecule has 0 aromatic heterocycles. The van der Waals surface area contributed by atoms with Crippen LogP contribution in [0.3, 0.4) is 0 Å². The third-order valence-electron chi connectivity index (χ3n) is 3.17. The molecule has 2 nitrogen and oxygen atoms in total.